The average Bonchev–Trinajstić information content (AvgIpc) is 2.72. The van der Waals surface area contributed by atoms with Gasteiger partial charge in [-0.2, -0.15) is 11.3 Å². The first-order chi connectivity index (χ1) is 6.29. The standard InChI is InChI=1S/C11H14OS/c1-8-6-13-7-10(8)11(12)9-4-2-3-5-9/h4,6-7,11-12H,2-3,5H2,1H3. The molecular weight excluding hydrogens is 180 g/mol. The van der Waals surface area contributed by atoms with Gasteiger partial charge in [-0.05, 0) is 53.6 Å². The minimum atomic E-state index is -0.339. The summed E-state index contributed by atoms with van der Waals surface area (Å²) in [6.45, 7) is 2.06. The van der Waals surface area contributed by atoms with Crippen LogP contribution < -0.4 is 0 Å². The largest absolute Gasteiger partial charge is 0.384 e. The molecule has 0 amide bonds. The van der Waals surface area contributed by atoms with Gasteiger partial charge in [0.05, 0.1) is 0 Å². The Morgan fingerprint density at radius 2 is 2.31 bits per heavy atom. The second-order valence-corrected chi connectivity index (χ2v) is 4.33. The van der Waals surface area contributed by atoms with E-state index in [1.165, 1.54) is 17.6 Å². The molecule has 1 aromatic rings. The predicted octanol–water partition coefficient (Wildman–Crippen LogP) is 3.20. The summed E-state index contributed by atoms with van der Waals surface area (Å²) in [5.41, 5.74) is 3.52. The maximum atomic E-state index is 10.0. The van der Waals surface area contributed by atoms with Crippen molar-refractivity contribution in [3.63, 3.8) is 0 Å². The number of hydrogen-bond donors (Lipinski definition) is 1. The molecule has 70 valence electrons. The van der Waals surface area contributed by atoms with Crippen LogP contribution in [0.25, 0.3) is 0 Å². The second-order valence-electron chi connectivity index (χ2n) is 3.58. The average molecular weight is 194 g/mol. The molecule has 0 bridgehead atoms. The molecule has 0 saturated heterocycles. The molecule has 1 aliphatic rings. The normalized spacial score (nSPS) is 18.8. The van der Waals surface area contributed by atoms with Crippen molar-refractivity contribution in [2.75, 3.05) is 0 Å². The van der Waals surface area contributed by atoms with E-state index in [1.54, 1.807) is 11.3 Å². The molecule has 1 aromatic heterocycles. The van der Waals surface area contributed by atoms with Crippen LogP contribution in [0.5, 0.6) is 0 Å². The van der Waals surface area contributed by atoms with Gasteiger partial charge in [0.25, 0.3) is 0 Å². The number of rotatable bonds is 2. The van der Waals surface area contributed by atoms with Crippen LogP contribution in [0.3, 0.4) is 0 Å². The lowest BCUT2D eigenvalue weighted by molar-refractivity contribution is 0.212. The molecule has 1 atom stereocenters. The topological polar surface area (TPSA) is 20.2 Å². The fourth-order valence-electron chi connectivity index (χ4n) is 1.79. The third kappa shape index (κ3) is 1.69. The van der Waals surface area contributed by atoms with Gasteiger partial charge < -0.3 is 5.11 Å². The summed E-state index contributed by atoms with van der Waals surface area (Å²) in [6, 6.07) is 0. The van der Waals surface area contributed by atoms with Crippen LogP contribution in [0.4, 0.5) is 0 Å². The lowest BCUT2D eigenvalue weighted by atomic mass is 10.0. The van der Waals surface area contributed by atoms with Gasteiger partial charge in [-0.1, -0.05) is 6.08 Å². The molecular formula is C11H14OS. The number of hydrogen-bond acceptors (Lipinski definition) is 2. The predicted molar refractivity (Wildman–Crippen MR) is 55.9 cm³/mol. The molecule has 0 aliphatic heterocycles. The Morgan fingerprint density at radius 1 is 1.46 bits per heavy atom. The number of aliphatic hydroxyl groups is 1. The van der Waals surface area contributed by atoms with Gasteiger partial charge in [-0.3, -0.25) is 0 Å². The molecule has 1 unspecified atom stereocenters. The Labute approximate surface area is 82.7 Å². The van der Waals surface area contributed by atoms with Crippen LogP contribution in [-0.4, -0.2) is 5.11 Å². The van der Waals surface area contributed by atoms with Gasteiger partial charge in [0, 0.05) is 0 Å². The fourth-order valence-corrected chi connectivity index (χ4v) is 2.66. The van der Waals surface area contributed by atoms with Crippen LogP contribution >= 0.6 is 11.3 Å². The van der Waals surface area contributed by atoms with E-state index in [0.717, 1.165) is 18.4 Å². The smallest absolute Gasteiger partial charge is 0.101 e. The summed E-state index contributed by atoms with van der Waals surface area (Å²) in [6.07, 6.45) is 5.25. The molecule has 0 spiro atoms. The van der Waals surface area contributed by atoms with Crippen molar-refractivity contribution < 1.29 is 5.11 Å². The number of allylic oxidation sites excluding steroid dienone is 1. The molecule has 13 heavy (non-hydrogen) atoms. The lowest BCUT2D eigenvalue weighted by Gasteiger charge is -2.11. The fraction of sp³-hybridized carbons (Fsp3) is 0.455. The highest BCUT2D eigenvalue weighted by Crippen LogP contribution is 2.33. The van der Waals surface area contributed by atoms with Gasteiger partial charge in [-0.25, -0.2) is 0 Å². The van der Waals surface area contributed by atoms with Crippen LogP contribution in [0.15, 0.2) is 22.4 Å². The van der Waals surface area contributed by atoms with Gasteiger partial charge in [-0.15, -0.1) is 0 Å². The monoisotopic (exact) mass is 194 g/mol. The quantitative estimate of drug-likeness (QED) is 0.717. The van der Waals surface area contributed by atoms with Crippen molar-refractivity contribution in [2.45, 2.75) is 32.3 Å². The van der Waals surface area contributed by atoms with E-state index in [4.69, 9.17) is 0 Å². The minimum absolute atomic E-state index is 0.339. The number of thiophene rings is 1. The van der Waals surface area contributed by atoms with E-state index in [-0.39, 0.29) is 6.10 Å². The zero-order valence-corrected chi connectivity index (χ0v) is 8.60. The van der Waals surface area contributed by atoms with Gasteiger partial charge in [0.1, 0.15) is 6.10 Å². The van der Waals surface area contributed by atoms with E-state index in [9.17, 15) is 5.11 Å². The summed E-state index contributed by atoms with van der Waals surface area (Å²) in [5.74, 6) is 0. The molecule has 1 nitrogen and oxygen atoms in total. The molecule has 2 heteroatoms. The van der Waals surface area contributed by atoms with Crippen LogP contribution in [-0.2, 0) is 0 Å². The summed E-state index contributed by atoms with van der Waals surface area (Å²) in [7, 11) is 0. The van der Waals surface area contributed by atoms with Crippen LogP contribution in [0, 0.1) is 6.92 Å². The first-order valence-corrected chi connectivity index (χ1v) is 5.63. The SMILES string of the molecule is Cc1cscc1C(O)C1=CCCC1. The third-order valence-corrected chi connectivity index (χ3v) is 3.50. The molecule has 0 fully saturated rings. The molecule has 1 N–H and O–H groups in total. The van der Waals surface area contributed by atoms with Gasteiger partial charge in [0.2, 0.25) is 0 Å². The van der Waals surface area contributed by atoms with E-state index in [1.807, 2.05) is 0 Å². The summed E-state index contributed by atoms with van der Waals surface area (Å²) >= 11 is 1.67. The molecule has 0 radical (unpaired) electrons. The zero-order valence-electron chi connectivity index (χ0n) is 7.79. The maximum Gasteiger partial charge on any atom is 0.101 e. The van der Waals surface area contributed by atoms with Crippen molar-refractivity contribution >= 4 is 11.3 Å². The summed E-state index contributed by atoms with van der Waals surface area (Å²) in [5, 5.41) is 14.2. The summed E-state index contributed by atoms with van der Waals surface area (Å²) < 4.78 is 0. The number of aryl methyl sites for hydroxylation is 1. The van der Waals surface area contributed by atoms with Gasteiger partial charge >= 0.3 is 0 Å². The Balaban J connectivity index is 2.21. The summed E-state index contributed by atoms with van der Waals surface area (Å²) in [4.78, 5) is 0. The van der Waals surface area contributed by atoms with E-state index in [2.05, 4.69) is 23.8 Å². The van der Waals surface area contributed by atoms with Crippen molar-refractivity contribution in [3.8, 4) is 0 Å². The number of aliphatic hydroxyl groups excluding tert-OH is 1. The molecule has 1 aliphatic carbocycles. The highest BCUT2D eigenvalue weighted by molar-refractivity contribution is 7.08. The van der Waals surface area contributed by atoms with Crippen molar-refractivity contribution in [1.29, 1.82) is 0 Å². The Kier molecular flexibility index (Phi) is 2.51. The van der Waals surface area contributed by atoms with E-state index in [0.29, 0.717) is 0 Å². The third-order valence-electron chi connectivity index (χ3n) is 2.62. The first-order valence-electron chi connectivity index (χ1n) is 4.68. The second kappa shape index (κ2) is 3.64. The molecule has 1 heterocycles. The Morgan fingerprint density at radius 3 is 2.85 bits per heavy atom. The molecule has 0 aromatic carbocycles. The van der Waals surface area contributed by atoms with Crippen molar-refractivity contribution in [3.05, 3.63) is 33.5 Å². The zero-order chi connectivity index (χ0) is 9.26. The Hall–Kier alpha value is -0.600. The molecule has 2 rings (SSSR count). The minimum Gasteiger partial charge on any atom is -0.384 e. The van der Waals surface area contributed by atoms with Crippen molar-refractivity contribution in [2.24, 2.45) is 0 Å². The van der Waals surface area contributed by atoms with Crippen LogP contribution in [0.1, 0.15) is 36.5 Å². The lowest BCUT2D eigenvalue weighted by Crippen LogP contribution is -1.99. The highest BCUT2D eigenvalue weighted by atomic mass is 32.1. The first kappa shape index (κ1) is 8.97. The van der Waals surface area contributed by atoms with Crippen molar-refractivity contribution in [1.82, 2.24) is 0 Å². The van der Waals surface area contributed by atoms with E-state index >= 15 is 0 Å². The van der Waals surface area contributed by atoms with Gasteiger partial charge in [0.15, 0.2) is 0 Å². The molecule has 0 saturated carbocycles. The maximum absolute atomic E-state index is 10.0. The Bertz CT molecular complexity index is 325. The highest BCUT2D eigenvalue weighted by Gasteiger charge is 2.17. The van der Waals surface area contributed by atoms with E-state index < -0.39 is 0 Å². The van der Waals surface area contributed by atoms with Crippen LogP contribution in [0.2, 0.25) is 0 Å².